The van der Waals surface area contributed by atoms with Crippen LogP contribution in [-0.2, 0) is 10.9 Å². The molecule has 0 radical (unpaired) electrons. The summed E-state index contributed by atoms with van der Waals surface area (Å²) in [5.41, 5.74) is -2.11. The second kappa shape index (κ2) is 4.97. The van der Waals surface area contributed by atoms with Crippen molar-refractivity contribution in [3.63, 3.8) is 0 Å². The average Bonchev–Trinajstić information content (AvgIpc) is 2.74. The topological polar surface area (TPSA) is 58.6 Å². The molecule has 1 fully saturated rings. The maximum Gasteiger partial charge on any atom is 0.417 e. The van der Waals surface area contributed by atoms with Gasteiger partial charge in [-0.05, 0) is 31.5 Å². The lowest BCUT2D eigenvalue weighted by molar-refractivity contribution is -0.138. The molecular weight excluding hydrogens is 275 g/mol. The van der Waals surface area contributed by atoms with E-state index >= 15 is 0 Å². The lowest BCUT2D eigenvalue weighted by Gasteiger charge is -2.25. The Labute approximate surface area is 113 Å². The van der Waals surface area contributed by atoms with Gasteiger partial charge >= 0.3 is 12.1 Å². The van der Waals surface area contributed by atoms with Crippen molar-refractivity contribution >= 4 is 11.7 Å². The molecule has 1 heterocycles. The second-order valence-corrected chi connectivity index (χ2v) is 5.05. The van der Waals surface area contributed by atoms with E-state index in [0.29, 0.717) is 19.6 Å². The highest BCUT2D eigenvalue weighted by molar-refractivity contribution is 5.90. The minimum absolute atomic E-state index is 0.232. The van der Waals surface area contributed by atoms with Gasteiger partial charge in [0.25, 0.3) is 0 Å². The number of ether oxygens (including phenoxy) is 1. The third-order valence-electron chi connectivity index (χ3n) is 3.22. The first-order valence-corrected chi connectivity index (χ1v) is 6.02. The third-order valence-corrected chi connectivity index (χ3v) is 3.22. The fourth-order valence-corrected chi connectivity index (χ4v) is 2.16. The van der Waals surface area contributed by atoms with E-state index < -0.39 is 28.8 Å². The number of aromatic carboxylic acids is 1. The van der Waals surface area contributed by atoms with Crippen LogP contribution < -0.4 is 5.32 Å². The first-order valence-electron chi connectivity index (χ1n) is 6.02. The normalized spacial score (nSPS) is 22.8. The molecule has 1 aromatic rings. The van der Waals surface area contributed by atoms with Crippen molar-refractivity contribution in [1.29, 1.82) is 0 Å². The quantitative estimate of drug-likeness (QED) is 0.898. The molecule has 1 unspecified atom stereocenters. The molecule has 1 saturated heterocycles. The molecule has 0 bridgehead atoms. The summed E-state index contributed by atoms with van der Waals surface area (Å²) in [6, 6.07) is 3.13. The summed E-state index contributed by atoms with van der Waals surface area (Å²) in [4.78, 5) is 10.8. The summed E-state index contributed by atoms with van der Waals surface area (Å²) in [6.07, 6.45) is -4.03. The highest BCUT2D eigenvalue weighted by atomic mass is 19.4. The molecule has 0 aliphatic carbocycles. The van der Waals surface area contributed by atoms with Crippen LogP contribution in [0.5, 0.6) is 0 Å². The van der Waals surface area contributed by atoms with Gasteiger partial charge in [-0.1, -0.05) is 0 Å². The third kappa shape index (κ3) is 3.04. The van der Waals surface area contributed by atoms with E-state index in [9.17, 15) is 18.0 Å². The molecule has 20 heavy (non-hydrogen) atoms. The van der Waals surface area contributed by atoms with Gasteiger partial charge in [-0.2, -0.15) is 13.2 Å². The monoisotopic (exact) mass is 289 g/mol. The van der Waals surface area contributed by atoms with Crippen LogP contribution in [0.4, 0.5) is 18.9 Å². The van der Waals surface area contributed by atoms with E-state index in [4.69, 9.17) is 9.84 Å². The molecule has 1 aromatic carbocycles. The number of hydrogen-bond acceptors (Lipinski definition) is 3. The molecule has 7 heteroatoms. The summed E-state index contributed by atoms with van der Waals surface area (Å²) < 4.78 is 43.9. The van der Waals surface area contributed by atoms with Crippen molar-refractivity contribution in [2.75, 3.05) is 18.5 Å². The number of nitrogens with one attached hydrogen (secondary N) is 1. The van der Waals surface area contributed by atoms with E-state index in [2.05, 4.69) is 5.32 Å². The van der Waals surface area contributed by atoms with Crippen LogP contribution in [0.25, 0.3) is 0 Å². The number of anilines is 1. The van der Waals surface area contributed by atoms with E-state index in [1.807, 2.05) is 6.92 Å². The Hall–Kier alpha value is -1.76. The van der Waals surface area contributed by atoms with Gasteiger partial charge in [-0.15, -0.1) is 0 Å². The van der Waals surface area contributed by atoms with Gasteiger partial charge in [0.15, 0.2) is 0 Å². The predicted molar refractivity (Wildman–Crippen MR) is 65.9 cm³/mol. The van der Waals surface area contributed by atoms with E-state index in [1.54, 1.807) is 0 Å². The number of halogens is 3. The van der Waals surface area contributed by atoms with Gasteiger partial charge in [0, 0.05) is 12.3 Å². The maximum absolute atomic E-state index is 12.9. The second-order valence-electron chi connectivity index (χ2n) is 5.05. The molecule has 2 N–H and O–H groups in total. The maximum atomic E-state index is 12.9. The van der Waals surface area contributed by atoms with Gasteiger partial charge in [-0.25, -0.2) is 4.79 Å². The van der Waals surface area contributed by atoms with Crippen LogP contribution >= 0.6 is 0 Å². The van der Waals surface area contributed by atoms with Crippen molar-refractivity contribution < 1.29 is 27.8 Å². The fraction of sp³-hybridized carbons (Fsp3) is 0.462. The predicted octanol–water partition coefficient (Wildman–Crippen LogP) is 2.99. The van der Waals surface area contributed by atoms with E-state index in [-0.39, 0.29) is 5.69 Å². The zero-order valence-electron chi connectivity index (χ0n) is 10.8. The number of rotatable bonds is 3. The van der Waals surface area contributed by atoms with Gasteiger partial charge in [-0.3, -0.25) is 0 Å². The Morgan fingerprint density at radius 3 is 2.65 bits per heavy atom. The number of alkyl halides is 3. The Kier molecular flexibility index (Phi) is 3.64. The molecule has 1 aliphatic rings. The molecule has 1 atom stereocenters. The molecule has 2 rings (SSSR count). The van der Waals surface area contributed by atoms with Crippen LogP contribution in [0.3, 0.4) is 0 Å². The molecule has 4 nitrogen and oxygen atoms in total. The SMILES string of the molecule is CC1(Nc2ccc(C(=O)O)c(C(F)(F)F)c2)CCOC1. The van der Waals surface area contributed by atoms with Crippen molar-refractivity contribution in [3.8, 4) is 0 Å². The van der Waals surface area contributed by atoms with Crippen LogP contribution in [-0.4, -0.2) is 29.8 Å². The molecular formula is C13H14F3NO3. The highest BCUT2D eigenvalue weighted by Crippen LogP contribution is 2.35. The standard InChI is InChI=1S/C13H14F3NO3/c1-12(4-5-20-7-12)17-8-2-3-9(11(18)19)10(6-8)13(14,15)16/h2-3,6,17H,4-5,7H2,1H3,(H,18,19). The summed E-state index contributed by atoms with van der Waals surface area (Å²) >= 11 is 0. The van der Waals surface area contributed by atoms with Crippen molar-refractivity contribution in [3.05, 3.63) is 29.3 Å². The molecule has 110 valence electrons. The van der Waals surface area contributed by atoms with Gasteiger partial charge in [0.05, 0.1) is 23.3 Å². The van der Waals surface area contributed by atoms with Crippen LogP contribution in [0.1, 0.15) is 29.3 Å². The van der Waals surface area contributed by atoms with Crippen molar-refractivity contribution in [1.82, 2.24) is 0 Å². The minimum Gasteiger partial charge on any atom is -0.478 e. The van der Waals surface area contributed by atoms with Gasteiger partial charge in [0.2, 0.25) is 0 Å². The Balaban J connectivity index is 2.35. The summed E-state index contributed by atoms with van der Waals surface area (Å²) in [5.74, 6) is -1.60. The zero-order chi connectivity index (χ0) is 15.0. The molecule has 0 spiro atoms. The molecule has 0 amide bonds. The summed E-state index contributed by atoms with van der Waals surface area (Å²) in [6.45, 7) is 2.79. The summed E-state index contributed by atoms with van der Waals surface area (Å²) in [7, 11) is 0. The Morgan fingerprint density at radius 1 is 1.45 bits per heavy atom. The first kappa shape index (κ1) is 14.6. The zero-order valence-corrected chi connectivity index (χ0v) is 10.8. The van der Waals surface area contributed by atoms with Crippen molar-refractivity contribution in [2.45, 2.75) is 25.1 Å². The van der Waals surface area contributed by atoms with Crippen molar-refractivity contribution in [2.24, 2.45) is 0 Å². The smallest absolute Gasteiger partial charge is 0.417 e. The van der Waals surface area contributed by atoms with Crippen LogP contribution in [0, 0.1) is 0 Å². The average molecular weight is 289 g/mol. The molecule has 0 aromatic heterocycles. The Morgan fingerprint density at radius 2 is 2.15 bits per heavy atom. The fourth-order valence-electron chi connectivity index (χ4n) is 2.16. The number of carboxylic acids is 1. The minimum atomic E-state index is -4.71. The number of carbonyl (C=O) groups is 1. The summed E-state index contributed by atoms with van der Waals surface area (Å²) in [5, 5.41) is 11.8. The molecule has 1 aliphatic heterocycles. The number of carboxylic acid groups (broad SMARTS) is 1. The highest BCUT2D eigenvalue weighted by Gasteiger charge is 2.36. The van der Waals surface area contributed by atoms with E-state index in [0.717, 1.165) is 12.1 Å². The largest absolute Gasteiger partial charge is 0.478 e. The van der Waals surface area contributed by atoms with Crippen LogP contribution in [0.15, 0.2) is 18.2 Å². The van der Waals surface area contributed by atoms with Crippen LogP contribution in [0.2, 0.25) is 0 Å². The van der Waals surface area contributed by atoms with Gasteiger partial charge in [0.1, 0.15) is 0 Å². The Bertz CT molecular complexity index is 522. The lowest BCUT2D eigenvalue weighted by Crippen LogP contribution is -2.35. The van der Waals surface area contributed by atoms with Gasteiger partial charge < -0.3 is 15.2 Å². The number of hydrogen-bond donors (Lipinski definition) is 2. The lowest BCUT2D eigenvalue weighted by atomic mass is 10.00. The first-order chi connectivity index (χ1) is 9.21. The molecule has 0 saturated carbocycles. The number of benzene rings is 1. The van der Waals surface area contributed by atoms with E-state index in [1.165, 1.54) is 6.07 Å².